The molecule has 0 saturated carbocycles. The van der Waals surface area contributed by atoms with Crippen molar-refractivity contribution in [3.8, 4) is 0 Å². The van der Waals surface area contributed by atoms with Gasteiger partial charge in [0.1, 0.15) is 5.82 Å². The minimum absolute atomic E-state index is 0. The Bertz CT molecular complexity index is 666. The van der Waals surface area contributed by atoms with E-state index in [-0.39, 0.29) is 29.8 Å². The summed E-state index contributed by atoms with van der Waals surface area (Å²) in [6.07, 6.45) is 1.11. The van der Waals surface area contributed by atoms with Crippen LogP contribution in [0.4, 0.5) is 10.1 Å². The number of aliphatic imine (C=N–C) groups is 1. The van der Waals surface area contributed by atoms with Gasteiger partial charge in [-0.2, -0.15) is 0 Å². The van der Waals surface area contributed by atoms with Crippen molar-refractivity contribution >= 4 is 35.6 Å². The molecule has 29 heavy (non-hydrogen) atoms. The van der Waals surface area contributed by atoms with Gasteiger partial charge in [0.2, 0.25) is 0 Å². The summed E-state index contributed by atoms with van der Waals surface area (Å²) >= 11 is 0. The van der Waals surface area contributed by atoms with Crippen molar-refractivity contribution in [1.82, 2.24) is 15.1 Å². The zero-order valence-electron chi connectivity index (χ0n) is 17.9. The lowest BCUT2D eigenvalue weighted by Crippen LogP contribution is -2.46. The first-order valence-corrected chi connectivity index (χ1v) is 10.3. The van der Waals surface area contributed by atoms with E-state index in [0.29, 0.717) is 18.2 Å². The number of likely N-dealkylation sites (tertiary alicyclic amines) is 1. The number of halogens is 2. The van der Waals surface area contributed by atoms with E-state index >= 15 is 0 Å². The highest BCUT2D eigenvalue weighted by atomic mass is 127. The predicted molar refractivity (Wildman–Crippen MR) is 128 cm³/mol. The Kier molecular flexibility index (Phi) is 9.91. The van der Waals surface area contributed by atoms with Gasteiger partial charge in [-0.15, -0.1) is 24.0 Å². The second-order valence-electron chi connectivity index (χ2n) is 7.66. The lowest BCUT2D eigenvalue weighted by Gasteiger charge is -2.35. The van der Waals surface area contributed by atoms with Crippen LogP contribution < -0.4 is 10.2 Å². The minimum Gasteiger partial charge on any atom is -0.384 e. The third-order valence-corrected chi connectivity index (χ3v) is 5.82. The fraction of sp³-hybridized carbons (Fsp3) is 0.667. The highest BCUT2D eigenvalue weighted by Crippen LogP contribution is 2.22. The smallest absolute Gasteiger partial charge is 0.193 e. The van der Waals surface area contributed by atoms with Crippen LogP contribution in [0.2, 0.25) is 0 Å². The number of ether oxygens (including phenoxy) is 1. The number of nitrogens with one attached hydrogen (secondary N) is 1. The molecule has 1 aromatic rings. The zero-order chi connectivity index (χ0) is 19.9. The van der Waals surface area contributed by atoms with E-state index in [0.717, 1.165) is 70.4 Å². The highest BCUT2D eigenvalue weighted by Gasteiger charge is 2.24. The molecular formula is C21H35FIN5O. The lowest BCUT2D eigenvalue weighted by atomic mass is 10.1. The molecule has 1 unspecified atom stereocenters. The van der Waals surface area contributed by atoms with Crippen molar-refractivity contribution in [1.29, 1.82) is 0 Å². The van der Waals surface area contributed by atoms with E-state index in [1.54, 1.807) is 20.2 Å². The molecule has 0 bridgehead atoms. The molecule has 1 aromatic carbocycles. The van der Waals surface area contributed by atoms with Crippen LogP contribution in [0.15, 0.2) is 23.2 Å². The Morgan fingerprint density at radius 1 is 1.24 bits per heavy atom. The van der Waals surface area contributed by atoms with Crippen LogP contribution in [0.25, 0.3) is 0 Å². The van der Waals surface area contributed by atoms with E-state index in [9.17, 15) is 4.39 Å². The van der Waals surface area contributed by atoms with Crippen LogP contribution in [0.5, 0.6) is 0 Å². The maximum atomic E-state index is 14.7. The molecule has 6 nitrogen and oxygen atoms in total. The largest absolute Gasteiger partial charge is 0.384 e. The number of benzene rings is 1. The number of guanidine groups is 1. The third-order valence-electron chi connectivity index (χ3n) is 5.82. The maximum Gasteiger partial charge on any atom is 0.193 e. The molecule has 0 amide bonds. The SMILES string of the molecule is CCN1CCN(c2ccc(CNC(=NC)N3CCC(COC)C3)cc2F)CC1.I. The number of hydrogen-bond acceptors (Lipinski definition) is 4. The van der Waals surface area contributed by atoms with Crippen LogP contribution in [0, 0.1) is 11.7 Å². The van der Waals surface area contributed by atoms with Crippen molar-refractivity contribution in [2.75, 3.05) is 71.5 Å². The molecule has 0 radical (unpaired) electrons. The molecule has 8 heteroatoms. The van der Waals surface area contributed by atoms with Crippen molar-refractivity contribution in [2.45, 2.75) is 19.9 Å². The predicted octanol–water partition coefficient (Wildman–Crippen LogP) is 2.63. The molecular weight excluding hydrogens is 484 g/mol. The van der Waals surface area contributed by atoms with Gasteiger partial charge >= 0.3 is 0 Å². The molecule has 164 valence electrons. The van der Waals surface area contributed by atoms with Crippen molar-refractivity contribution < 1.29 is 9.13 Å². The first-order chi connectivity index (χ1) is 13.6. The first-order valence-electron chi connectivity index (χ1n) is 10.3. The third kappa shape index (κ3) is 6.42. The van der Waals surface area contributed by atoms with Crippen LogP contribution in [0.3, 0.4) is 0 Å². The van der Waals surface area contributed by atoms with Gasteiger partial charge in [0, 0.05) is 65.9 Å². The summed E-state index contributed by atoms with van der Waals surface area (Å²) in [6.45, 7) is 10.3. The van der Waals surface area contributed by atoms with E-state index < -0.39 is 0 Å². The summed E-state index contributed by atoms with van der Waals surface area (Å²) in [7, 11) is 3.54. The number of hydrogen-bond donors (Lipinski definition) is 1. The summed E-state index contributed by atoms with van der Waals surface area (Å²) in [6, 6.07) is 5.59. The van der Waals surface area contributed by atoms with Crippen LogP contribution in [-0.4, -0.2) is 82.3 Å². The van der Waals surface area contributed by atoms with Gasteiger partial charge in [-0.05, 0) is 30.7 Å². The van der Waals surface area contributed by atoms with Gasteiger partial charge in [0.15, 0.2) is 5.96 Å². The van der Waals surface area contributed by atoms with Gasteiger partial charge in [0.25, 0.3) is 0 Å². The number of nitrogens with zero attached hydrogens (tertiary/aromatic N) is 4. The second-order valence-corrected chi connectivity index (χ2v) is 7.66. The molecule has 1 atom stereocenters. The van der Waals surface area contributed by atoms with Crippen molar-refractivity contribution in [3.05, 3.63) is 29.6 Å². The van der Waals surface area contributed by atoms with E-state index in [2.05, 4.69) is 31.9 Å². The summed E-state index contributed by atoms with van der Waals surface area (Å²) in [4.78, 5) is 11.2. The average Bonchev–Trinajstić information content (AvgIpc) is 3.17. The molecule has 1 N–H and O–H groups in total. The fourth-order valence-electron chi connectivity index (χ4n) is 4.13. The Hall–Kier alpha value is -1.13. The summed E-state index contributed by atoms with van der Waals surface area (Å²) in [5.74, 6) is 1.28. The number of likely N-dealkylation sites (N-methyl/N-ethyl adjacent to an activating group) is 1. The Labute approximate surface area is 191 Å². The minimum atomic E-state index is -0.138. The molecule has 2 aliphatic rings. The molecule has 2 heterocycles. The Balaban J connectivity index is 0.00000300. The number of methoxy groups -OCH3 is 1. The molecule has 0 aromatic heterocycles. The first kappa shape index (κ1) is 24.1. The summed E-state index contributed by atoms with van der Waals surface area (Å²) in [5, 5.41) is 3.38. The van der Waals surface area contributed by atoms with Crippen molar-refractivity contribution in [2.24, 2.45) is 10.9 Å². The van der Waals surface area contributed by atoms with E-state index in [1.165, 1.54) is 0 Å². The van der Waals surface area contributed by atoms with Gasteiger partial charge < -0.3 is 24.8 Å². The standard InChI is InChI=1S/C21H34FN5O.HI/c1-4-25-9-11-26(12-10-25)20-6-5-17(13-19(20)22)14-24-21(23-2)27-8-7-18(15-27)16-28-3;/h5-6,13,18H,4,7-12,14-16H2,1-3H3,(H,23,24);1H. The van der Waals surface area contributed by atoms with Crippen LogP contribution in [-0.2, 0) is 11.3 Å². The molecule has 2 saturated heterocycles. The highest BCUT2D eigenvalue weighted by molar-refractivity contribution is 14.0. The fourth-order valence-corrected chi connectivity index (χ4v) is 4.13. The Morgan fingerprint density at radius 2 is 2.00 bits per heavy atom. The van der Waals surface area contributed by atoms with Crippen molar-refractivity contribution in [3.63, 3.8) is 0 Å². The maximum absolute atomic E-state index is 14.7. The zero-order valence-corrected chi connectivity index (χ0v) is 20.2. The monoisotopic (exact) mass is 519 g/mol. The van der Waals surface area contributed by atoms with E-state index in [1.807, 2.05) is 12.1 Å². The molecule has 2 fully saturated rings. The molecule has 2 aliphatic heterocycles. The molecule has 0 spiro atoms. The van der Waals surface area contributed by atoms with Gasteiger partial charge in [0.05, 0.1) is 12.3 Å². The van der Waals surface area contributed by atoms with E-state index in [4.69, 9.17) is 4.74 Å². The number of piperazine rings is 1. The van der Waals surface area contributed by atoms with Gasteiger partial charge in [-0.3, -0.25) is 4.99 Å². The molecule has 0 aliphatic carbocycles. The topological polar surface area (TPSA) is 43.3 Å². The number of rotatable bonds is 6. The molecule has 3 rings (SSSR count). The normalized spacial score (nSPS) is 20.7. The second kappa shape index (κ2) is 11.9. The van der Waals surface area contributed by atoms with Crippen LogP contribution in [0.1, 0.15) is 18.9 Å². The quantitative estimate of drug-likeness (QED) is 0.356. The average molecular weight is 519 g/mol. The Morgan fingerprint density at radius 3 is 2.62 bits per heavy atom. The van der Waals surface area contributed by atoms with Gasteiger partial charge in [-0.1, -0.05) is 13.0 Å². The number of anilines is 1. The summed E-state index contributed by atoms with van der Waals surface area (Å²) in [5.41, 5.74) is 1.65. The van der Waals surface area contributed by atoms with Crippen LogP contribution >= 0.6 is 24.0 Å². The summed E-state index contributed by atoms with van der Waals surface area (Å²) < 4.78 is 20.0. The van der Waals surface area contributed by atoms with Gasteiger partial charge in [-0.25, -0.2) is 4.39 Å². The lowest BCUT2D eigenvalue weighted by molar-refractivity contribution is 0.157.